The van der Waals surface area contributed by atoms with E-state index in [9.17, 15) is 9.59 Å². The Kier molecular flexibility index (Phi) is 4.75. The zero-order valence-corrected chi connectivity index (χ0v) is 21.0. The van der Waals surface area contributed by atoms with E-state index < -0.39 is 0 Å². The molecule has 3 saturated carbocycles. The number of benzene rings is 2. The minimum atomic E-state index is 0.0682. The molecule has 4 aliphatic carbocycles. The van der Waals surface area contributed by atoms with Gasteiger partial charge in [0.05, 0.1) is 6.04 Å². The number of ketones is 2. The highest BCUT2D eigenvalue weighted by molar-refractivity contribution is 6.06. The number of fused-ring (bicyclic) bond motifs is 2. The van der Waals surface area contributed by atoms with Crippen LogP contribution in [0.4, 0.5) is 0 Å². The molecule has 2 aromatic rings. The average molecular weight is 476 g/mol. The summed E-state index contributed by atoms with van der Waals surface area (Å²) in [5, 5.41) is 0. The van der Waals surface area contributed by atoms with Crippen LogP contribution in [-0.2, 0) is 6.42 Å². The van der Waals surface area contributed by atoms with Crippen molar-refractivity contribution in [1.82, 2.24) is 0 Å². The Hall–Kier alpha value is -3.07. The minimum absolute atomic E-state index is 0.0682. The van der Waals surface area contributed by atoms with E-state index in [1.807, 2.05) is 42.5 Å². The molecular formula is C33H33NO2. The maximum Gasteiger partial charge on any atom is 0.165 e. The molecule has 3 fully saturated rings. The minimum Gasteiger partial charge on any atom is -0.295 e. The van der Waals surface area contributed by atoms with E-state index in [4.69, 9.17) is 4.99 Å². The summed E-state index contributed by atoms with van der Waals surface area (Å²) in [6, 6.07) is 18.5. The number of rotatable bonds is 7. The van der Waals surface area contributed by atoms with Crippen LogP contribution in [0.25, 0.3) is 0 Å². The van der Waals surface area contributed by atoms with Gasteiger partial charge in [0.15, 0.2) is 11.6 Å². The van der Waals surface area contributed by atoms with Gasteiger partial charge in [0.25, 0.3) is 0 Å². The van der Waals surface area contributed by atoms with Crippen molar-refractivity contribution in [3.63, 3.8) is 0 Å². The fourth-order valence-electron chi connectivity index (χ4n) is 8.03. The van der Waals surface area contributed by atoms with E-state index in [0.29, 0.717) is 17.7 Å². The van der Waals surface area contributed by atoms with Crippen molar-refractivity contribution in [3.05, 3.63) is 95.6 Å². The van der Waals surface area contributed by atoms with Crippen LogP contribution in [0.15, 0.2) is 83.9 Å². The first-order chi connectivity index (χ1) is 17.5. The largest absolute Gasteiger partial charge is 0.295 e. The zero-order chi connectivity index (χ0) is 24.5. The summed E-state index contributed by atoms with van der Waals surface area (Å²) in [7, 11) is 0. The standard InChI is InChI=1S/C33H33NO2/c1-22(35)24-12-10-23(11-13-24)19-31-21-28(31)34-30(31)32(33-16-6-5-9-27(33)20-33)17-14-26(15-18-32)29(36)25-7-3-2-4-8-25/h2-13,16,26-28H,14-15,17-21H2,1H3. The monoisotopic (exact) mass is 475 g/mol. The number of Topliss-reactive ketones (excluding diaryl/α,β-unsaturated/α-hetero) is 2. The Labute approximate surface area is 213 Å². The van der Waals surface area contributed by atoms with Gasteiger partial charge in [0.1, 0.15) is 0 Å². The molecule has 0 N–H and O–H groups in total. The first-order valence-electron chi connectivity index (χ1n) is 13.6. The number of hydrogen-bond donors (Lipinski definition) is 0. The van der Waals surface area contributed by atoms with Gasteiger partial charge < -0.3 is 0 Å². The maximum atomic E-state index is 13.3. The summed E-state index contributed by atoms with van der Waals surface area (Å²) in [4.78, 5) is 30.3. The van der Waals surface area contributed by atoms with Gasteiger partial charge in [-0.1, -0.05) is 78.9 Å². The van der Waals surface area contributed by atoms with Crippen LogP contribution in [0, 0.1) is 28.1 Å². The molecule has 1 aliphatic heterocycles. The summed E-state index contributed by atoms with van der Waals surface area (Å²) in [5.74, 6) is 1.15. The molecule has 0 saturated heterocycles. The highest BCUT2D eigenvalue weighted by Gasteiger charge is 2.75. The Morgan fingerprint density at radius 1 is 0.917 bits per heavy atom. The molecule has 0 amide bonds. The second kappa shape index (κ2) is 7.71. The van der Waals surface area contributed by atoms with Gasteiger partial charge >= 0.3 is 0 Å². The molecule has 3 nitrogen and oxygen atoms in total. The van der Waals surface area contributed by atoms with Crippen molar-refractivity contribution >= 4 is 17.3 Å². The number of hydrogen-bond acceptors (Lipinski definition) is 3. The number of carbonyl (C=O) groups excluding carboxylic acids is 2. The molecule has 36 heavy (non-hydrogen) atoms. The second-order valence-corrected chi connectivity index (χ2v) is 12.0. The molecule has 3 heteroatoms. The molecule has 0 radical (unpaired) electrons. The van der Waals surface area contributed by atoms with Crippen molar-refractivity contribution in [1.29, 1.82) is 0 Å². The maximum absolute atomic E-state index is 13.3. The normalized spacial score (nSPS) is 37.2. The second-order valence-electron chi connectivity index (χ2n) is 12.0. The lowest BCUT2D eigenvalue weighted by molar-refractivity contribution is 0.0796. The molecule has 1 heterocycles. The lowest BCUT2D eigenvalue weighted by atomic mass is 9.53. The summed E-state index contributed by atoms with van der Waals surface area (Å²) >= 11 is 0. The summed E-state index contributed by atoms with van der Waals surface area (Å²) in [5.41, 5.74) is 4.84. The fraction of sp³-hybridized carbons (Fsp3) is 0.424. The van der Waals surface area contributed by atoms with E-state index in [2.05, 4.69) is 36.4 Å². The molecule has 0 aromatic heterocycles. The van der Waals surface area contributed by atoms with Crippen molar-refractivity contribution in [2.75, 3.05) is 0 Å². The van der Waals surface area contributed by atoms with Crippen molar-refractivity contribution < 1.29 is 9.59 Å². The third-order valence-corrected chi connectivity index (χ3v) is 10.2. The van der Waals surface area contributed by atoms with Gasteiger partial charge in [0, 0.05) is 39.0 Å². The number of nitrogens with zero attached hydrogens (tertiary/aromatic N) is 1. The Balaban J connectivity index is 1.17. The number of aliphatic imine (C=N–C) groups is 1. The molecule has 4 unspecified atom stereocenters. The van der Waals surface area contributed by atoms with Gasteiger partial charge in [-0.3, -0.25) is 14.6 Å². The SMILES string of the molecule is CC(=O)c1ccc(CC23CC2N=C3C2(C34C=CC=CC3C4)CCC(C(=O)c3ccccc3)CC2)cc1. The lowest BCUT2D eigenvalue weighted by Gasteiger charge is -2.51. The molecular weight excluding hydrogens is 442 g/mol. The highest BCUT2D eigenvalue weighted by Crippen LogP contribution is 2.76. The van der Waals surface area contributed by atoms with Crippen LogP contribution in [0.1, 0.15) is 71.7 Å². The van der Waals surface area contributed by atoms with Crippen LogP contribution >= 0.6 is 0 Å². The number of carbonyl (C=O) groups is 2. The third-order valence-electron chi connectivity index (χ3n) is 10.2. The van der Waals surface area contributed by atoms with Crippen LogP contribution < -0.4 is 0 Å². The predicted octanol–water partition coefficient (Wildman–Crippen LogP) is 6.84. The van der Waals surface area contributed by atoms with Gasteiger partial charge in [0.2, 0.25) is 0 Å². The molecule has 0 spiro atoms. The fourth-order valence-corrected chi connectivity index (χ4v) is 8.03. The lowest BCUT2D eigenvalue weighted by Crippen LogP contribution is -2.52. The number of allylic oxidation sites excluding steroid dienone is 4. The quantitative estimate of drug-likeness (QED) is 0.412. The first-order valence-corrected chi connectivity index (χ1v) is 13.6. The Morgan fingerprint density at radius 2 is 1.67 bits per heavy atom. The van der Waals surface area contributed by atoms with Gasteiger partial charge in [-0.2, -0.15) is 0 Å². The Bertz CT molecular complexity index is 1330. The first kappa shape index (κ1) is 22.2. The van der Waals surface area contributed by atoms with Crippen molar-refractivity contribution in [2.45, 2.75) is 57.9 Å². The summed E-state index contributed by atoms with van der Waals surface area (Å²) in [6.45, 7) is 1.63. The van der Waals surface area contributed by atoms with Gasteiger partial charge in [-0.25, -0.2) is 0 Å². The van der Waals surface area contributed by atoms with Crippen LogP contribution in [0.5, 0.6) is 0 Å². The molecule has 182 valence electrons. The molecule has 7 rings (SSSR count). The smallest absolute Gasteiger partial charge is 0.165 e. The van der Waals surface area contributed by atoms with Crippen molar-refractivity contribution in [3.8, 4) is 0 Å². The van der Waals surface area contributed by atoms with Crippen LogP contribution in [-0.4, -0.2) is 23.3 Å². The van der Waals surface area contributed by atoms with Gasteiger partial charge in [-0.05, 0) is 63.4 Å². The average Bonchev–Trinajstić information content (AvgIpc) is 3.79. The van der Waals surface area contributed by atoms with Crippen LogP contribution in [0.2, 0.25) is 0 Å². The topological polar surface area (TPSA) is 46.5 Å². The van der Waals surface area contributed by atoms with E-state index in [1.54, 1.807) is 6.92 Å². The van der Waals surface area contributed by atoms with E-state index in [1.165, 1.54) is 17.7 Å². The van der Waals surface area contributed by atoms with Gasteiger partial charge in [-0.15, -0.1) is 0 Å². The summed E-state index contributed by atoms with van der Waals surface area (Å²) < 4.78 is 0. The van der Waals surface area contributed by atoms with E-state index in [0.717, 1.165) is 49.7 Å². The highest BCUT2D eigenvalue weighted by atomic mass is 16.1. The Morgan fingerprint density at radius 3 is 2.31 bits per heavy atom. The summed E-state index contributed by atoms with van der Waals surface area (Å²) in [6.07, 6.45) is 16.8. The molecule has 5 aliphatic rings. The zero-order valence-electron chi connectivity index (χ0n) is 21.0. The van der Waals surface area contributed by atoms with E-state index >= 15 is 0 Å². The van der Waals surface area contributed by atoms with Crippen LogP contribution in [0.3, 0.4) is 0 Å². The molecule has 0 bridgehead atoms. The molecule has 2 aromatic carbocycles. The predicted molar refractivity (Wildman–Crippen MR) is 142 cm³/mol. The van der Waals surface area contributed by atoms with E-state index in [-0.39, 0.29) is 27.9 Å². The van der Waals surface area contributed by atoms with Crippen molar-refractivity contribution in [2.24, 2.45) is 33.1 Å². The molecule has 4 atom stereocenters. The third kappa shape index (κ3) is 3.07.